The molecule has 0 radical (unpaired) electrons. The van der Waals surface area contributed by atoms with Crippen LogP contribution in [0.2, 0.25) is 0 Å². The van der Waals surface area contributed by atoms with Gasteiger partial charge in [-0.05, 0) is 35.4 Å². The Hall–Kier alpha value is -3.47. The van der Waals surface area contributed by atoms with E-state index in [0.29, 0.717) is 11.2 Å². The quantitative estimate of drug-likeness (QED) is 0.415. The molecule has 0 aliphatic carbocycles. The van der Waals surface area contributed by atoms with Crippen LogP contribution in [-0.4, -0.2) is 14.9 Å². The summed E-state index contributed by atoms with van der Waals surface area (Å²) in [5, 5.41) is 15.6. The Morgan fingerprint density at radius 3 is 2.04 bits per heavy atom. The minimum absolute atomic E-state index is 0.490. The fraction of sp³-hybridized carbons (Fsp3) is 0. The van der Waals surface area contributed by atoms with E-state index in [1.54, 1.807) is 12.1 Å². The Labute approximate surface area is 137 Å². The maximum Gasteiger partial charge on any atom is 0.218 e. The van der Waals surface area contributed by atoms with E-state index in [2.05, 4.69) is 5.10 Å². The van der Waals surface area contributed by atoms with Gasteiger partial charge in [-0.3, -0.25) is 0 Å². The van der Waals surface area contributed by atoms with Crippen molar-refractivity contribution in [2.45, 2.75) is 0 Å². The third-order valence-electron chi connectivity index (χ3n) is 3.99. The first-order valence-electron chi connectivity index (χ1n) is 7.52. The molecule has 0 N–H and O–H groups in total. The molecule has 116 valence electrons. The van der Waals surface area contributed by atoms with E-state index < -0.39 is 5.03 Å². The van der Waals surface area contributed by atoms with Crippen LogP contribution in [0.1, 0.15) is 0 Å². The molecule has 0 amide bonds. The van der Waals surface area contributed by atoms with Crippen molar-refractivity contribution in [2.75, 3.05) is 0 Å². The van der Waals surface area contributed by atoms with Gasteiger partial charge >= 0.3 is 0 Å². The number of hydrogen-bond donors (Lipinski definition) is 0. The average Bonchev–Trinajstić information content (AvgIpc) is 3.03. The standard InChI is InChI=1S/C19H13N3O2/c23-22(24)21-18-9-5-4-8-17(18)19(20-21)16-12-10-15(11-13-16)14-6-2-1-3-7-14/h1-13H. The van der Waals surface area contributed by atoms with Crippen molar-refractivity contribution in [1.82, 2.24) is 9.89 Å². The number of rotatable bonds is 3. The number of nitrogens with zero attached hydrogens (tertiary/aromatic N) is 3. The van der Waals surface area contributed by atoms with Crippen molar-refractivity contribution in [1.29, 1.82) is 0 Å². The second-order valence-corrected chi connectivity index (χ2v) is 5.44. The Morgan fingerprint density at radius 2 is 1.33 bits per heavy atom. The highest BCUT2D eigenvalue weighted by molar-refractivity contribution is 5.93. The van der Waals surface area contributed by atoms with E-state index in [9.17, 15) is 10.1 Å². The van der Waals surface area contributed by atoms with Crippen LogP contribution >= 0.6 is 0 Å². The second-order valence-electron chi connectivity index (χ2n) is 5.44. The first-order chi connectivity index (χ1) is 11.7. The van der Waals surface area contributed by atoms with E-state index in [4.69, 9.17) is 0 Å². The van der Waals surface area contributed by atoms with Crippen molar-refractivity contribution >= 4 is 10.9 Å². The Bertz CT molecular complexity index is 1020. The normalized spacial score (nSPS) is 10.8. The van der Waals surface area contributed by atoms with Gasteiger partial charge in [0.2, 0.25) is 5.69 Å². The summed E-state index contributed by atoms with van der Waals surface area (Å²) in [5.74, 6) is 0. The van der Waals surface area contributed by atoms with E-state index in [1.807, 2.05) is 66.7 Å². The van der Waals surface area contributed by atoms with Gasteiger partial charge in [-0.15, -0.1) is 0 Å². The SMILES string of the molecule is O=[N+]([O-])n1nc(-c2ccc(-c3ccccc3)cc2)c2ccccc21. The Balaban J connectivity index is 1.82. The molecule has 0 spiro atoms. The summed E-state index contributed by atoms with van der Waals surface area (Å²) in [5.41, 5.74) is 4.18. The van der Waals surface area contributed by atoms with Crippen LogP contribution in [0.15, 0.2) is 78.9 Å². The van der Waals surface area contributed by atoms with Crippen molar-refractivity contribution < 1.29 is 5.03 Å². The van der Waals surface area contributed by atoms with Crippen LogP contribution < -0.4 is 0 Å². The zero-order valence-corrected chi connectivity index (χ0v) is 12.7. The molecule has 0 fully saturated rings. The summed E-state index contributed by atoms with van der Waals surface area (Å²) in [6.45, 7) is 0. The molecule has 1 aromatic heterocycles. The molecular formula is C19H13N3O2. The lowest BCUT2D eigenvalue weighted by Crippen LogP contribution is -2.09. The first-order valence-corrected chi connectivity index (χ1v) is 7.52. The molecule has 3 aromatic carbocycles. The summed E-state index contributed by atoms with van der Waals surface area (Å²) in [6.07, 6.45) is 0. The van der Waals surface area contributed by atoms with E-state index in [-0.39, 0.29) is 0 Å². The average molecular weight is 315 g/mol. The van der Waals surface area contributed by atoms with Gasteiger partial charge in [0.1, 0.15) is 5.52 Å². The zero-order chi connectivity index (χ0) is 16.5. The van der Waals surface area contributed by atoms with Crippen LogP contribution in [0.3, 0.4) is 0 Å². The van der Waals surface area contributed by atoms with Crippen molar-refractivity contribution in [2.24, 2.45) is 0 Å². The van der Waals surface area contributed by atoms with E-state index in [0.717, 1.165) is 26.9 Å². The summed E-state index contributed by atoms with van der Waals surface area (Å²) in [7, 11) is 0. The van der Waals surface area contributed by atoms with Crippen molar-refractivity contribution in [3.8, 4) is 22.4 Å². The second kappa shape index (κ2) is 5.62. The van der Waals surface area contributed by atoms with Gasteiger partial charge in [0.25, 0.3) is 0 Å². The minimum atomic E-state index is -0.510. The van der Waals surface area contributed by atoms with Crippen LogP contribution in [0, 0.1) is 10.1 Å². The van der Waals surface area contributed by atoms with Crippen LogP contribution in [-0.2, 0) is 0 Å². The summed E-state index contributed by atoms with van der Waals surface area (Å²) in [4.78, 5) is 12.0. The van der Waals surface area contributed by atoms with Gasteiger partial charge in [-0.1, -0.05) is 54.6 Å². The maximum absolute atomic E-state index is 11.2. The molecule has 24 heavy (non-hydrogen) atoms. The lowest BCUT2D eigenvalue weighted by atomic mass is 10.0. The zero-order valence-electron chi connectivity index (χ0n) is 12.7. The van der Waals surface area contributed by atoms with Gasteiger partial charge in [0.15, 0.2) is 0 Å². The summed E-state index contributed by atoms with van der Waals surface area (Å²) >= 11 is 0. The molecule has 0 aliphatic heterocycles. The van der Waals surface area contributed by atoms with Crippen LogP contribution in [0.5, 0.6) is 0 Å². The van der Waals surface area contributed by atoms with Crippen LogP contribution in [0.25, 0.3) is 33.3 Å². The van der Waals surface area contributed by atoms with Crippen LogP contribution in [0.4, 0.5) is 0 Å². The number of hydrogen-bond acceptors (Lipinski definition) is 3. The minimum Gasteiger partial charge on any atom is -0.339 e. The van der Waals surface area contributed by atoms with E-state index >= 15 is 0 Å². The van der Waals surface area contributed by atoms with E-state index in [1.165, 1.54) is 0 Å². The van der Waals surface area contributed by atoms with Gasteiger partial charge in [0.05, 0.1) is 15.5 Å². The molecule has 4 rings (SSSR count). The maximum atomic E-state index is 11.2. The van der Waals surface area contributed by atoms with Gasteiger partial charge < -0.3 is 10.1 Å². The topological polar surface area (TPSA) is 61.0 Å². The summed E-state index contributed by atoms with van der Waals surface area (Å²) in [6, 6.07) is 25.1. The van der Waals surface area contributed by atoms with Gasteiger partial charge in [0, 0.05) is 10.4 Å². The molecular weight excluding hydrogens is 302 g/mol. The molecule has 0 bridgehead atoms. The molecule has 0 atom stereocenters. The smallest absolute Gasteiger partial charge is 0.218 e. The highest BCUT2D eigenvalue weighted by Crippen LogP contribution is 2.29. The van der Waals surface area contributed by atoms with Crippen molar-refractivity contribution in [3.63, 3.8) is 0 Å². The highest BCUT2D eigenvalue weighted by Gasteiger charge is 2.20. The fourth-order valence-corrected chi connectivity index (χ4v) is 2.84. The monoisotopic (exact) mass is 315 g/mol. The molecule has 5 nitrogen and oxygen atoms in total. The lowest BCUT2D eigenvalue weighted by molar-refractivity contribution is -0.548. The highest BCUT2D eigenvalue weighted by atomic mass is 16.7. The predicted molar refractivity (Wildman–Crippen MR) is 93.0 cm³/mol. The van der Waals surface area contributed by atoms with Gasteiger partial charge in [-0.25, -0.2) is 0 Å². The number of aromatic nitrogens is 2. The van der Waals surface area contributed by atoms with Gasteiger partial charge in [-0.2, -0.15) is 0 Å². The molecule has 0 unspecified atom stereocenters. The number of fused-ring (bicyclic) bond motifs is 1. The number of para-hydroxylation sites is 1. The molecule has 0 saturated heterocycles. The lowest BCUT2D eigenvalue weighted by Gasteiger charge is -2.01. The molecule has 5 heteroatoms. The molecule has 4 aromatic rings. The largest absolute Gasteiger partial charge is 0.339 e. The molecule has 0 saturated carbocycles. The third kappa shape index (κ3) is 2.32. The Morgan fingerprint density at radius 1 is 0.750 bits per heavy atom. The first kappa shape index (κ1) is 14.1. The fourth-order valence-electron chi connectivity index (χ4n) is 2.84. The molecule has 1 heterocycles. The number of benzene rings is 3. The summed E-state index contributed by atoms with van der Waals surface area (Å²) < 4.78 is 0. The number of nitro groups is 1. The molecule has 0 aliphatic rings. The van der Waals surface area contributed by atoms with Crippen molar-refractivity contribution in [3.05, 3.63) is 89.0 Å². The Kier molecular flexibility index (Phi) is 3.31. The predicted octanol–water partition coefficient (Wildman–Crippen LogP) is 4.41. The third-order valence-corrected chi connectivity index (χ3v) is 3.99.